The fourth-order valence-electron chi connectivity index (χ4n) is 2.52. The SMILES string of the molecule is COC1CCCC(Nc2cc(C(F)(F)F)ccc2Br)C1. The summed E-state index contributed by atoms with van der Waals surface area (Å²) in [5, 5.41) is 3.20. The largest absolute Gasteiger partial charge is 0.416 e. The summed E-state index contributed by atoms with van der Waals surface area (Å²) in [4.78, 5) is 0. The molecule has 0 amide bonds. The lowest BCUT2D eigenvalue weighted by Crippen LogP contribution is -2.31. The van der Waals surface area contributed by atoms with Crippen LogP contribution in [0.15, 0.2) is 22.7 Å². The van der Waals surface area contributed by atoms with Gasteiger partial charge in [0.25, 0.3) is 0 Å². The molecule has 1 aliphatic rings. The summed E-state index contributed by atoms with van der Waals surface area (Å²) in [6.07, 6.45) is -0.336. The Morgan fingerprint density at radius 2 is 2.05 bits per heavy atom. The highest BCUT2D eigenvalue weighted by Crippen LogP contribution is 2.35. The minimum absolute atomic E-state index is 0.147. The van der Waals surface area contributed by atoms with Gasteiger partial charge in [-0.25, -0.2) is 0 Å². The summed E-state index contributed by atoms with van der Waals surface area (Å²) >= 11 is 3.30. The van der Waals surface area contributed by atoms with Crippen LogP contribution in [0.1, 0.15) is 31.2 Å². The van der Waals surface area contributed by atoms with E-state index in [0.29, 0.717) is 10.2 Å². The highest BCUT2D eigenvalue weighted by molar-refractivity contribution is 9.10. The summed E-state index contributed by atoms with van der Waals surface area (Å²) in [6, 6.07) is 3.81. The number of benzene rings is 1. The van der Waals surface area contributed by atoms with Gasteiger partial charge in [-0.15, -0.1) is 0 Å². The van der Waals surface area contributed by atoms with Crippen LogP contribution >= 0.6 is 15.9 Å². The second kappa shape index (κ2) is 6.35. The van der Waals surface area contributed by atoms with E-state index in [1.165, 1.54) is 6.07 Å². The Morgan fingerprint density at radius 3 is 2.70 bits per heavy atom. The number of hydrogen-bond acceptors (Lipinski definition) is 2. The molecule has 1 fully saturated rings. The lowest BCUT2D eigenvalue weighted by atomic mass is 9.92. The van der Waals surface area contributed by atoms with Gasteiger partial charge in [-0.2, -0.15) is 13.2 Å². The number of anilines is 1. The average Bonchev–Trinajstić information content (AvgIpc) is 2.40. The Balaban J connectivity index is 2.12. The predicted octanol–water partition coefficient (Wildman–Crippen LogP) is 4.84. The van der Waals surface area contributed by atoms with Gasteiger partial charge in [0.05, 0.1) is 11.7 Å². The van der Waals surface area contributed by atoms with E-state index in [9.17, 15) is 13.2 Å². The van der Waals surface area contributed by atoms with Crippen molar-refractivity contribution in [2.75, 3.05) is 12.4 Å². The maximum atomic E-state index is 12.7. The van der Waals surface area contributed by atoms with E-state index in [2.05, 4.69) is 21.2 Å². The van der Waals surface area contributed by atoms with E-state index in [1.54, 1.807) is 7.11 Å². The van der Waals surface area contributed by atoms with Crippen molar-refractivity contribution in [3.63, 3.8) is 0 Å². The Bertz CT molecular complexity index is 464. The van der Waals surface area contributed by atoms with Crippen LogP contribution < -0.4 is 5.32 Å². The van der Waals surface area contributed by atoms with Crippen molar-refractivity contribution in [1.82, 2.24) is 0 Å². The Morgan fingerprint density at radius 1 is 1.30 bits per heavy atom. The first-order valence-corrected chi connectivity index (χ1v) is 7.35. The van der Waals surface area contributed by atoms with Gasteiger partial charge in [-0.1, -0.05) is 0 Å². The average molecular weight is 352 g/mol. The Labute approximate surface area is 124 Å². The minimum Gasteiger partial charge on any atom is -0.381 e. The van der Waals surface area contributed by atoms with Crippen molar-refractivity contribution in [3.8, 4) is 0 Å². The van der Waals surface area contributed by atoms with Gasteiger partial charge in [-0.3, -0.25) is 0 Å². The van der Waals surface area contributed by atoms with Crippen LogP contribution in [0.5, 0.6) is 0 Å². The molecule has 2 atom stereocenters. The molecule has 20 heavy (non-hydrogen) atoms. The molecule has 1 aromatic rings. The smallest absolute Gasteiger partial charge is 0.381 e. The first-order valence-electron chi connectivity index (χ1n) is 6.56. The van der Waals surface area contributed by atoms with Crippen LogP contribution in [0.2, 0.25) is 0 Å². The summed E-state index contributed by atoms with van der Waals surface area (Å²) in [5.74, 6) is 0. The molecule has 1 aromatic carbocycles. The van der Waals surface area contributed by atoms with E-state index in [0.717, 1.165) is 37.8 Å². The van der Waals surface area contributed by atoms with Gasteiger partial charge in [0.15, 0.2) is 0 Å². The predicted molar refractivity (Wildman–Crippen MR) is 75.8 cm³/mol. The van der Waals surface area contributed by atoms with Crippen molar-refractivity contribution in [3.05, 3.63) is 28.2 Å². The van der Waals surface area contributed by atoms with Gasteiger partial charge in [0.2, 0.25) is 0 Å². The zero-order valence-electron chi connectivity index (χ0n) is 11.1. The minimum atomic E-state index is -4.32. The van der Waals surface area contributed by atoms with E-state index >= 15 is 0 Å². The number of methoxy groups -OCH3 is 1. The fraction of sp³-hybridized carbons (Fsp3) is 0.571. The zero-order chi connectivity index (χ0) is 14.8. The van der Waals surface area contributed by atoms with E-state index in [-0.39, 0.29) is 12.1 Å². The first kappa shape index (κ1) is 15.6. The van der Waals surface area contributed by atoms with Crippen molar-refractivity contribution < 1.29 is 17.9 Å². The van der Waals surface area contributed by atoms with E-state index in [1.807, 2.05) is 0 Å². The third kappa shape index (κ3) is 3.88. The van der Waals surface area contributed by atoms with Gasteiger partial charge >= 0.3 is 6.18 Å². The molecule has 0 bridgehead atoms. The van der Waals surface area contributed by atoms with Crippen LogP contribution in [0, 0.1) is 0 Å². The van der Waals surface area contributed by atoms with Crippen molar-refractivity contribution >= 4 is 21.6 Å². The molecule has 0 radical (unpaired) electrons. The highest BCUT2D eigenvalue weighted by atomic mass is 79.9. The second-order valence-corrected chi connectivity index (χ2v) is 5.91. The van der Waals surface area contributed by atoms with E-state index < -0.39 is 11.7 Å². The fourth-order valence-corrected chi connectivity index (χ4v) is 2.88. The molecule has 1 saturated carbocycles. The normalized spacial score (nSPS) is 23.6. The maximum Gasteiger partial charge on any atom is 0.416 e. The lowest BCUT2D eigenvalue weighted by molar-refractivity contribution is -0.137. The Kier molecular flexibility index (Phi) is 4.96. The van der Waals surface area contributed by atoms with Gasteiger partial charge in [-0.05, 0) is 59.8 Å². The van der Waals surface area contributed by atoms with Gasteiger partial charge in [0, 0.05) is 23.3 Å². The molecule has 0 aliphatic heterocycles. The number of hydrogen-bond donors (Lipinski definition) is 1. The van der Waals surface area contributed by atoms with Crippen molar-refractivity contribution in [2.24, 2.45) is 0 Å². The summed E-state index contributed by atoms with van der Waals surface area (Å²) < 4.78 is 44.2. The van der Waals surface area contributed by atoms with Crippen molar-refractivity contribution in [1.29, 1.82) is 0 Å². The molecule has 2 nitrogen and oxygen atoms in total. The zero-order valence-corrected chi connectivity index (χ0v) is 12.7. The quantitative estimate of drug-likeness (QED) is 0.841. The summed E-state index contributed by atoms with van der Waals surface area (Å²) in [6.45, 7) is 0. The first-order chi connectivity index (χ1) is 9.40. The molecular formula is C14H17BrF3NO. The van der Waals surface area contributed by atoms with E-state index in [4.69, 9.17) is 4.74 Å². The number of nitrogens with one attached hydrogen (secondary N) is 1. The standard InChI is InChI=1S/C14H17BrF3NO/c1-20-11-4-2-3-10(8-11)19-13-7-9(14(16,17)18)5-6-12(13)15/h5-7,10-11,19H,2-4,8H2,1H3. The number of halogens is 4. The lowest BCUT2D eigenvalue weighted by Gasteiger charge is -2.30. The molecule has 1 N–H and O–H groups in total. The maximum absolute atomic E-state index is 12.7. The van der Waals surface area contributed by atoms with Gasteiger partial charge in [0.1, 0.15) is 0 Å². The Hall–Kier alpha value is -0.750. The number of rotatable bonds is 3. The number of alkyl halides is 3. The molecule has 0 spiro atoms. The van der Waals surface area contributed by atoms with Crippen LogP contribution in [-0.4, -0.2) is 19.3 Å². The second-order valence-electron chi connectivity index (χ2n) is 5.06. The topological polar surface area (TPSA) is 21.3 Å². The molecule has 2 unspecified atom stereocenters. The molecule has 2 rings (SSSR count). The molecule has 112 valence electrons. The molecule has 1 aliphatic carbocycles. The summed E-state index contributed by atoms with van der Waals surface area (Å²) in [5.41, 5.74) is -0.149. The third-order valence-electron chi connectivity index (χ3n) is 3.61. The number of ether oxygens (including phenoxy) is 1. The van der Waals surface area contributed by atoms with Gasteiger partial charge < -0.3 is 10.1 Å². The van der Waals surface area contributed by atoms with Crippen LogP contribution in [-0.2, 0) is 10.9 Å². The van der Waals surface area contributed by atoms with Crippen molar-refractivity contribution in [2.45, 2.75) is 44.0 Å². The molecule has 0 heterocycles. The molecular weight excluding hydrogens is 335 g/mol. The van der Waals surface area contributed by atoms with Crippen LogP contribution in [0.4, 0.5) is 18.9 Å². The highest BCUT2D eigenvalue weighted by Gasteiger charge is 2.31. The monoisotopic (exact) mass is 351 g/mol. The molecule has 6 heteroatoms. The third-order valence-corrected chi connectivity index (χ3v) is 4.30. The molecule has 0 saturated heterocycles. The summed E-state index contributed by atoms with van der Waals surface area (Å²) in [7, 11) is 1.67. The van der Waals surface area contributed by atoms with Crippen LogP contribution in [0.3, 0.4) is 0 Å². The molecule has 0 aromatic heterocycles. The van der Waals surface area contributed by atoms with Crippen LogP contribution in [0.25, 0.3) is 0 Å².